The van der Waals surface area contributed by atoms with Gasteiger partial charge in [-0.1, -0.05) is 27.2 Å². The molecule has 10 atom stereocenters. The molecule has 4 saturated carbocycles. The summed E-state index contributed by atoms with van der Waals surface area (Å²) in [4.78, 5) is 16.5. The minimum absolute atomic E-state index is 0.0499. The van der Waals surface area contributed by atoms with E-state index >= 15 is 0 Å². The molecule has 1 amide bonds. The molecular weight excluding hydrogens is 568 g/mol. The molecule has 4 fully saturated rings. The predicted molar refractivity (Wildman–Crippen MR) is 160 cm³/mol. The van der Waals surface area contributed by atoms with Gasteiger partial charge in [0.25, 0.3) is 10.0 Å². The zero-order valence-corrected chi connectivity index (χ0v) is 26.3. The van der Waals surface area contributed by atoms with Crippen LogP contribution in [0, 0.1) is 46.3 Å². The van der Waals surface area contributed by atoms with Gasteiger partial charge in [0, 0.05) is 5.56 Å². The molecule has 1 heterocycles. The summed E-state index contributed by atoms with van der Waals surface area (Å²) in [7, 11) is -4.09. The van der Waals surface area contributed by atoms with Crippen LogP contribution >= 0.6 is 0 Å². The summed E-state index contributed by atoms with van der Waals surface area (Å²) in [6.45, 7) is 7.13. The Bertz CT molecular complexity index is 1400. The van der Waals surface area contributed by atoms with Gasteiger partial charge in [0.2, 0.25) is 5.89 Å². The van der Waals surface area contributed by atoms with Crippen LogP contribution in [0.15, 0.2) is 46.0 Å². The number of carbonyl (C=O) groups excluding carboxylic acids is 1. The lowest BCUT2D eigenvalue weighted by atomic mass is 9.41. The maximum absolute atomic E-state index is 12.8. The van der Waals surface area contributed by atoms with Crippen molar-refractivity contribution in [2.45, 2.75) is 95.7 Å². The first-order chi connectivity index (χ1) is 20.5. The zero-order chi connectivity index (χ0) is 30.6. The van der Waals surface area contributed by atoms with E-state index in [1.54, 1.807) is 12.1 Å². The molecule has 1 aromatic heterocycles. The van der Waals surface area contributed by atoms with Crippen LogP contribution in [0.3, 0.4) is 0 Å². The van der Waals surface area contributed by atoms with Gasteiger partial charge in [0.15, 0.2) is 0 Å². The number of rotatable bonds is 7. The third-order valence-corrected chi connectivity index (χ3v) is 13.7. The summed E-state index contributed by atoms with van der Waals surface area (Å²) in [5.41, 5.74) is 0.835. The highest BCUT2D eigenvalue weighted by Crippen LogP contribution is 2.69. The molecule has 0 unspecified atom stereocenters. The van der Waals surface area contributed by atoms with Crippen molar-refractivity contribution in [2.24, 2.45) is 46.3 Å². The van der Waals surface area contributed by atoms with Crippen molar-refractivity contribution in [1.29, 1.82) is 0 Å². The molecule has 1 aromatic carbocycles. The van der Waals surface area contributed by atoms with E-state index in [2.05, 4.69) is 25.8 Å². The van der Waals surface area contributed by atoms with E-state index in [0.29, 0.717) is 41.5 Å². The number of hydrogen-bond acceptors (Lipinski definition) is 8. The second-order valence-electron chi connectivity index (χ2n) is 14.1. The van der Waals surface area contributed by atoms with Gasteiger partial charge < -0.3 is 19.4 Å². The molecule has 3 N–H and O–H groups in total. The number of sulfonamides is 1. The molecule has 0 aliphatic heterocycles. The van der Waals surface area contributed by atoms with Gasteiger partial charge in [-0.2, -0.15) is 0 Å². The normalized spacial score (nSPS) is 38.9. The lowest BCUT2D eigenvalue weighted by Crippen LogP contribution is -2.62. The average molecular weight is 615 g/mol. The predicted octanol–water partition coefficient (Wildman–Crippen LogP) is 5.77. The first-order valence-corrected chi connectivity index (χ1v) is 17.5. The Hall–Kier alpha value is -2.43. The summed E-state index contributed by atoms with van der Waals surface area (Å²) in [5, 5.41) is 22.3. The first kappa shape index (κ1) is 30.6. The van der Waals surface area contributed by atoms with Crippen LogP contribution in [0.4, 0.5) is 4.79 Å². The van der Waals surface area contributed by atoms with E-state index < -0.39 is 16.1 Å². The van der Waals surface area contributed by atoms with Crippen LogP contribution in [0.5, 0.6) is 0 Å². The number of nitrogens with zero attached hydrogens (tertiary/aromatic N) is 1. The number of benzene rings is 1. The van der Waals surface area contributed by atoms with Crippen molar-refractivity contribution in [3.05, 3.63) is 36.7 Å². The number of amides is 1. The van der Waals surface area contributed by atoms with E-state index in [1.807, 2.05) is 4.72 Å². The van der Waals surface area contributed by atoms with Gasteiger partial charge >= 0.3 is 6.09 Å². The molecule has 0 radical (unpaired) electrons. The third-order valence-electron chi connectivity index (χ3n) is 12.3. The molecule has 0 saturated heterocycles. The van der Waals surface area contributed by atoms with Crippen LogP contribution in [0.2, 0.25) is 0 Å². The highest BCUT2D eigenvalue weighted by atomic mass is 32.2. The molecule has 4 aliphatic carbocycles. The number of aliphatic hydroxyl groups is 2. The molecule has 4 aliphatic rings. The molecule has 236 valence electrons. The zero-order valence-electron chi connectivity index (χ0n) is 25.4. The van der Waals surface area contributed by atoms with Gasteiger partial charge in [0.05, 0.1) is 29.9 Å². The van der Waals surface area contributed by atoms with Crippen molar-refractivity contribution in [2.75, 3.05) is 6.61 Å². The molecule has 43 heavy (non-hydrogen) atoms. The van der Waals surface area contributed by atoms with Crippen molar-refractivity contribution < 1.29 is 32.6 Å². The minimum atomic E-state index is -4.09. The standard InChI is InChI=1S/C33H46N2O7S/c1-4-24-27-19-22(36)11-14-33(27,3)26-12-15-32(2)21(7-10-25(32)28(26)29(24)37)13-17-42-31(38)35-43(39,40)23-8-5-20(6-9-23)30-34-16-18-41-30/h5-6,8-9,16,18,21-22,24-29,36-37H,4,7,10-15,17,19H2,1-3H3,(H,35,38)/t21-,22-,24-,25+,26+,27+,28+,29-,32-,33-/m1/s1. The fraction of sp³-hybridized carbons (Fsp3) is 0.697. The number of aliphatic hydroxyl groups excluding tert-OH is 2. The van der Waals surface area contributed by atoms with E-state index in [1.165, 1.54) is 24.6 Å². The largest absolute Gasteiger partial charge is 0.449 e. The molecule has 0 spiro atoms. The second kappa shape index (κ2) is 11.5. The van der Waals surface area contributed by atoms with Gasteiger partial charge in [-0.05, 0) is 122 Å². The molecule has 9 nitrogen and oxygen atoms in total. The van der Waals surface area contributed by atoms with Crippen LogP contribution in [-0.4, -0.2) is 48.5 Å². The summed E-state index contributed by atoms with van der Waals surface area (Å²) < 4.78 is 38.2. The number of nitrogens with one attached hydrogen (secondary N) is 1. The van der Waals surface area contributed by atoms with Gasteiger partial charge in [0.1, 0.15) is 6.26 Å². The Labute approximate surface area is 254 Å². The van der Waals surface area contributed by atoms with Crippen LogP contribution in [0.25, 0.3) is 11.5 Å². The van der Waals surface area contributed by atoms with E-state index in [4.69, 9.17) is 9.15 Å². The Kier molecular flexibility index (Phi) is 8.18. The van der Waals surface area contributed by atoms with E-state index in [0.717, 1.165) is 51.4 Å². The topological polar surface area (TPSA) is 139 Å². The molecule has 2 aromatic rings. The van der Waals surface area contributed by atoms with Gasteiger partial charge in [-0.15, -0.1) is 0 Å². The van der Waals surface area contributed by atoms with Gasteiger partial charge in [-0.3, -0.25) is 0 Å². The number of ether oxygens (including phenoxy) is 1. The molecule has 0 bridgehead atoms. The minimum Gasteiger partial charge on any atom is -0.449 e. The van der Waals surface area contributed by atoms with Crippen LogP contribution < -0.4 is 4.72 Å². The smallest absolute Gasteiger partial charge is 0.421 e. The summed E-state index contributed by atoms with van der Waals surface area (Å²) in [5.74, 6) is 2.45. The van der Waals surface area contributed by atoms with E-state index in [9.17, 15) is 23.4 Å². The first-order valence-electron chi connectivity index (χ1n) is 16.0. The highest BCUT2D eigenvalue weighted by Gasteiger charge is 2.64. The van der Waals surface area contributed by atoms with Crippen molar-refractivity contribution in [1.82, 2.24) is 9.71 Å². The quantitative estimate of drug-likeness (QED) is 0.357. The number of oxazole rings is 1. The lowest BCUT2D eigenvalue weighted by Gasteiger charge is -2.64. The number of aromatic nitrogens is 1. The van der Waals surface area contributed by atoms with Crippen molar-refractivity contribution >= 4 is 16.1 Å². The van der Waals surface area contributed by atoms with Gasteiger partial charge in [-0.25, -0.2) is 22.9 Å². The maximum atomic E-state index is 12.8. The Morgan fingerprint density at radius 2 is 1.77 bits per heavy atom. The number of carbonyl (C=O) groups is 1. The highest BCUT2D eigenvalue weighted by molar-refractivity contribution is 7.90. The Morgan fingerprint density at radius 3 is 2.47 bits per heavy atom. The van der Waals surface area contributed by atoms with Crippen LogP contribution in [0.1, 0.15) is 78.6 Å². The average Bonchev–Trinajstić information content (AvgIpc) is 3.63. The Morgan fingerprint density at radius 1 is 1.05 bits per heavy atom. The summed E-state index contributed by atoms with van der Waals surface area (Å²) in [6.07, 6.45) is 9.92. The number of fused-ring (bicyclic) bond motifs is 5. The molecule has 10 heteroatoms. The summed E-state index contributed by atoms with van der Waals surface area (Å²) in [6, 6.07) is 5.93. The molecular formula is C33H46N2O7S. The van der Waals surface area contributed by atoms with Crippen molar-refractivity contribution in [3.8, 4) is 11.5 Å². The Balaban J connectivity index is 1.07. The van der Waals surface area contributed by atoms with Crippen LogP contribution in [-0.2, 0) is 14.8 Å². The second-order valence-corrected chi connectivity index (χ2v) is 15.8. The fourth-order valence-corrected chi connectivity index (χ4v) is 11.1. The lowest BCUT2D eigenvalue weighted by molar-refractivity contribution is -0.202. The molecule has 6 rings (SSSR count). The maximum Gasteiger partial charge on any atom is 0.421 e. The third kappa shape index (κ3) is 5.31. The SMILES string of the molecule is CC[C@H]1[C@@H](O)[C@@H]2[C@H](CC[C@]3(C)[C@@H](CCOC(=O)NS(=O)(=O)c4ccc(-c5ncco5)cc4)CC[C@@H]23)[C@@]2(C)CC[C@@H](O)C[C@@H]12. The number of hydrogen-bond donors (Lipinski definition) is 3. The van der Waals surface area contributed by atoms with E-state index in [-0.39, 0.29) is 46.4 Å². The summed E-state index contributed by atoms with van der Waals surface area (Å²) >= 11 is 0. The van der Waals surface area contributed by atoms with Crippen molar-refractivity contribution in [3.63, 3.8) is 0 Å². The monoisotopic (exact) mass is 614 g/mol. The fourth-order valence-electron chi connectivity index (χ4n) is 10.2.